The van der Waals surface area contributed by atoms with Crippen molar-refractivity contribution in [1.82, 2.24) is 5.32 Å². The molecule has 6 heteroatoms. The molecule has 6 nitrogen and oxygen atoms in total. The van der Waals surface area contributed by atoms with Gasteiger partial charge in [-0.3, -0.25) is 4.79 Å². The first-order valence-corrected chi connectivity index (χ1v) is 6.25. The van der Waals surface area contributed by atoms with Gasteiger partial charge in [0.25, 0.3) is 0 Å². The average Bonchev–Trinajstić information content (AvgIpc) is 2.37. The number of nitrogens with zero attached hydrogens (tertiary/aromatic N) is 1. The van der Waals surface area contributed by atoms with E-state index in [1.165, 1.54) is 0 Å². The molecule has 0 unspecified atom stereocenters. The second-order valence-corrected chi connectivity index (χ2v) is 5.22. The number of benzene rings is 1. The van der Waals surface area contributed by atoms with Gasteiger partial charge in [-0.1, -0.05) is 29.4 Å². The summed E-state index contributed by atoms with van der Waals surface area (Å²) in [5.41, 5.74) is 6.53. The van der Waals surface area contributed by atoms with Gasteiger partial charge in [-0.25, -0.2) is 0 Å². The molecule has 1 amide bonds. The fraction of sp³-hybridized carbons (Fsp3) is 0.429. The van der Waals surface area contributed by atoms with E-state index in [0.29, 0.717) is 12.2 Å². The maximum Gasteiger partial charge on any atom is 0.224 e. The van der Waals surface area contributed by atoms with Crippen LogP contribution in [-0.2, 0) is 16.0 Å². The lowest BCUT2D eigenvalue weighted by Gasteiger charge is -2.25. The van der Waals surface area contributed by atoms with E-state index in [2.05, 4.69) is 10.5 Å². The second kappa shape index (κ2) is 6.91. The normalized spacial score (nSPS) is 12.2. The number of oxime groups is 1. The molecule has 20 heavy (non-hydrogen) atoms. The minimum atomic E-state index is -0.403. The Bertz CT molecular complexity index is 481. The van der Waals surface area contributed by atoms with Crippen LogP contribution in [0.1, 0.15) is 25.0 Å². The highest BCUT2D eigenvalue weighted by molar-refractivity contribution is 5.97. The SMILES string of the molecule is COCC(C)(C)NC(=O)Cc1ccc(/C(N)=N/O)cc1. The minimum Gasteiger partial charge on any atom is -0.409 e. The van der Waals surface area contributed by atoms with Crippen molar-refractivity contribution in [2.75, 3.05) is 13.7 Å². The monoisotopic (exact) mass is 279 g/mol. The van der Waals surface area contributed by atoms with Gasteiger partial charge in [-0.2, -0.15) is 0 Å². The quantitative estimate of drug-likeness (QED) is 0.311. The van der Waals surface area contributed by atoms with Crippen LogP contribution in [0.15, 0.2) is 29.4 Å². The van der Waals surface area contributed by atoms with E-state index in [1.54, 1.807) is 31.4 Å². The summed E-state index contributed by atoms with van der Waals surface area (Å²) in [6.07, 6.45) is 0.267. The topological polar surface area (TPSA) is 96.9 Å². The standard InChI is InChI=1S/C14H21N3O3/c1-14(2,9-20-3)16-12(18)8-10-4-6-11(7-5-10)13(15)17-19/h4-7,19H,8-9H2,1-3H3,(H2,15,17)(H,16,18). The maximum atomic E-state index is 11.9. The van der Waals surface area contributed by atoms with Crippen LogP contribution >= 0.6 is 0 Å². The summed E-state index contributed by atoms with van der Waals surface area (Å²) < 4.78 is 5.05. The summed E-state index contributed by atoms with van der Waals surface area (Å²) in [5.74, 6) is -0.0363. The molecule has 0 saturated heterocycles. The van der Waals surface area contributed by atoms with Crippen LogP contribution in [0.3, 0.4) is 0 Å². The van der Waals surface area contributed by atoms with E-state index in [1.807, 2.05) is 13.8 Å². The molecule has 0 saturated carbocycles. The molecule has 1 rings (SSSR count). The second-order valence-electron chi connectivity index (χ2n) is 5.22. The van der Waals surface area contributed by atoms with Crippen molar-refractivity contribution in [2.45, 2.75) is 25.8 Å². The Morgan fingerprint density at radius 2 is 2.00 bits per heavy atom. The third-order valence-corrected chi connectivity index (χ3v) is 2.71. The van der Waals surface area contributed by atoms with Gasteiger partial charge in [0, 0.05) is 12.7 Å². The Labute approximate surface area is 118 Å². The molecule has 0 fully saturated rings. The fourth-order valence-electron chi connectivity index (χ4n) is 1.86. The van der Waals surface area contributed by atoms with Crippen molar-refractivity contribution in [1.29, 1.82) is 0 Å². The lowest BCUT2D eigenvalue weighted by Crippen LogP contribution is -2.47. The lowest BCUT2D eigenvalue weighted by atomic mass is 10.0. The molecule has 4 N–H and O–H groups in total. The highest BCUT2D eigenvalue weighted by Crippen LogP contribution is 2.07. The van der Waals surface area contributed by atoms with Crippen LogP contribution in [0.25, 0.3) is 0 Å². The first-order valence-electron chi connectivity index (χ1n) is 6.25. The predicted octanol–water partition coefficient (Wildman–Crippen LogP) is 0.865. The van der Waals surface area contributed by atoms with Gasteiger partial charge in [-0.05, 0) is 19.4 Å². The van der Waals surface area contributed by atoms with E-state index >= 15 is 0 Å². The zero-order chi connectivity index (χ0) is 15.2. The molecule has 0 aromatic heterocycles. The number of hydrogen-bond acceptors (Lipinski definition) is 4. The third-order valence-electron chi connectivity index (χ3n) is 2.71. The van der Waals surface area contributed by atoms with Crippen LogP contribution in [0.2, 0.25) is 0 Å². The van der Waals surface area contributed by atoms with Crippen molar-refractivity contribution >= 4 is 11.7 Å². The molecule has 110 valence electrons. The van der Waals surface area contributed by atoms with Crippen LogP contribution in [-0.4, -0.2) is 36.2 Å². The van der Waals surface area contributed by atoms with Crippen molar-refractivity contribution < 1.29 is 14.7 Å². The molecule has 0 aliphatic carbocycles. The largest absolute Gasteiger partial charge is 0.409 e. The van der Waals surface area contributed by atoms with Gasteiger partial charge in [0.1, 0.15) is 0 Å². The van der Waals surface area contributed by atoms with Crippen molar-refractivity contribution in [3.63, 3.8) is 0 Å². The van der Waals surface area contributed by atoms with Gasteiger partial charge in [0.05, 0.1) is 18.6 Å². The summed E-state index contributed by atoms with van der Waals surface area (Å²) in [4.78, 5) is 11.9. The summed E-state index contributed by atoms with van der Waals surface area (Å²) in [5, 5.41) is 14.4. The highest BCUT2D eigenvalue weighted by atomic mass is 16.5. The van der Waals surface area contributed by atoms with Gasteiger partial charge >= 0.3 is 0 Å². The van der Waals surface area contributed by atoms with Crippen molar-refractivity contribution in [3.05, 3.63) is 35.4 Å². The first kappa shape index (κ1) is 16.0. The van der Waals surface area contributed by atoms with Crippen LogP contribution in [0, 0.1) is 0 Å². The summed E-state index contributed by atoms with van der Waals surface area (Å²) in [7, 11) is 1.60. The van der Waals surface area contributed by atoms with Crippen molar-refractivity contribution in [2.24, 2.45) is 10.9 Å². The summed E-state index contributed by atoms with van der Waals surface area (Å²) in [6.45, 7) is 4.24. The zero-order valence-corrected chi connectivity index (χ0v) is 12.0. The number of rotatable bonds is 6. The molecule has 0 radical (unpaired) electrons. The highest BCUT2D eigenvalue weighted by Gasteiger charge is 2.20. The Balaban J connectivity index is 2.63. The average molecular weight is 279 g/mol. The molecular formula is C14H21N3O3. The Hall–Kier alpha value is -2.08. The van der Waals surface area contributed by atoms with E-state index < -0.39 is 5.54 Å². The fourth-order valence-corrected chi connectivity index (χ4v) is 1.86. The number of amides is 1. The third kappa shape index (κ3) is 4.89. The number of nitrogens with two attached hydrogens (primary N) is 1. The summed E-state index contributed by atoms with van der Waals surface area (Å²) in [6, 6.07) is 6.96. The number of ether oxygens (including phenoxy) is 1. The minimum absolute atomic E-state index is 0.0437. The predicted molar refractivity (Wildman–Crippen MR) is 76.8 cm³/mol. The lowest BCUT2D eigenvalue weighted by molar-refractivity contribution is -0.122. The molecule has 0 spiro atoms. The molecule has 0 atom stereocenters. The molecule has 0 bridgehead atoms. The Kier molecular flexibility index (Phi) is 5.52. The van der Waals surface area contributed by atoms with E-state index in [-0.39, 0.29) is 18.2 Å². The number of amidine groups is 1. The Morgan fingerprint density at radius 1 is 1.40 bits per heavy atom. The smallest absolute Gasteiger partial charge is 0.224 e. The maximum absolute atomic E-state index is 11.9. The number of methoxy groups -OCH3 is 1. The van der Waals surface area contributed by atoms with Crippen LogP contribution in [0.5, 0.6) is 0 Å². The number of nitrogens with one attached hydrogen (secondary N) is 1. The van der Waals surface area contributed by atoms with Gasteiger partial charge in [0.15, 0.2) is 5.84 Å². The molecule has 0 aliphatic rings. The number of carbonyl (C=O) groups excluding carboxylic acids is 1. The molecule has 0 aliphatic heterocycles. The van der Waals surface area contributed by atoms with Gasteiger partial charge in [-0.15, -0.1) is 0 Å². The van der Waals surface area contributed by atoms with E-state index in [9.17, 15) is 4.79 Å². The zero-order valence-electron chi connectivity index (χ0n) is 12.0. The Morgan fingerprint density at radius 3 is 2.50 bits per heavy atom. The molecule has 1 aromatic rings. The van der Waals surface area contributed by atoms with Gasteiger partial charge < -0.3 is 21.0 Å². The van der Waals surface area contributed by atoms with E-state index in [0.717, 1.165) is 5.56 Å². The first-order chi connectivity index (χ1) is 9.38. The number of carbonyl (C=O) groups is 1. The van der Waals surface area contributed by atoms with Crippen LogP contribution < -0.4 is 11.1 Å². The van der Waals surface area contributed by atoms with Crippen molar-refractivity contribution in [3.8, 4) is 0 Å². The van der Waals surface area contributed by atoms with Crippen LogP contribution in [0.4, 0.5) is 0 Å². The molecule has 0 heterocycles. The molecule has 1 aromatic carbocycles. The summed E-state index contributed by atoms with van der Waals surface area (Å²) >= 11 is 0. The van der Waals surface area contributed by atoms with Gasteiger partial charge in [0.2, 0.25) is 5.91 Å². The number of hydrogen-bond donors (Lipinski definition) is 3. The molecular weight excluding hydrogens is 258 g/mol. The van der Waals surface area contributed by atoms with E-state index in [4.69, 9.17) is 15.7 Å².